The molecule has 0 heterocycles. The van der Waals surface area contributed by atoms with Crippen LogP contribution in [0.1, 0.15) is 66.7 Å². The van der Waals surface area contributed by atoms with Gasteiger partial charge in [-0.15, -0.1) is 0 Å². The van der Waals surface area contributed by atoms with Crippen molar-refractivity contribution in [3.05, 3.63) is 0 Å². The summed E-state index contributed by atoms with van der Waals surface area (Å²) in [5.74, 6) is 0.858. The molecule has 0 aliphatic heterocycles. The molecule has 0 fully saturated rings. The van der Waals surface area contributed by atoms with Gasteiger partial charge in [-0.1, -0.05) is 53.9 Å². The average Bonchev–Trinajstić information content (AvgIpc) is 2.03. The zero-order chi connectivity index (χ0) is 9.61. The molecule has 0 aromatic rings. The van der Waals surface area contributed by atoms with Crippen molar-refractivity contribution in [3.8, 4) is 0 Å². The molecule has 0 radical (unpaired) electrons. The molecule has 0 N–H and O–H groups in total. The minimum Gasteiger partial charge on any atom is -0.0654 e. The van der Waals surface area contributed by atoms with Crippen LogP contribution in [0.5, 0.6) is 0 Å². The Kier molecular flexibility index (Phi) is 5.61. The molecule has 0 saturated heterocycles. The molecule has 0 nitrogen and oxygen atoms in total. The fraction of sp³-hybridized carbons (Fsp3) is 1.00. The molecule has 0 saturated carbocycles. The summed E-state index contributed by atoms with van der Waals surface area (Å²) in [6, 6.07) is 0. The van der Waals surface area contributed by atoms with Gasteiger partial charge in [-0.3, -0.25) is 0 Å². The Morgan fingerprint density at radius 2 is 1.50 bits per heavy atom. The number of hydrogen-bond donors (Lipinski definition) is 0. The molecule has 0 atom stereocenters. The van der Waals surface area contributed by atoms with E-state index in [1.165, 1.54) is 32.1 Å². The second kappa shape index (κ2) is 5.61. The van der Waals surface area contributed by atoms with E-state index in [1.54, 1.807) is 0 Å². The third-order valence-corrected chi connectivity index (χ3v) is 3.12. The Balaban J connectivity index is 4.13. The first-order valence-corrected chi connectivity index (χ1v) is 5.60. The SMILES string of the molecule is CCCC(CC)(CC)CC(C)C. The average molecular weight is 170 g/mol. The van der Waals surface area contributed by atoms with Gasteiger partial charge in [0.15, 0.2) is 0 Å². The van der Waals surface area contributed by atoms with E-state index in [9.17, 15) is 0 Å². The summed E-state index contributed by atoms with van der Waals surface area (Å²) in [7, 11) is 0. The number of rotatable bonds is 6. The van der Waals surface area contributed by atoms with Crippen LogP contribution in [0.3, 0.4) is 0 Å². The quantitative estimate of drug-likeness (QED) is 0.545. The van der Waals surface area contributed by atoms with Crippen molar-refractivity contribution >= 4 is 0 Å². The zero-order valence-corrected chi connectivity index (χ0v) is 9.61. The van der Waals surface area contributed by atoms with Crippen LogP contribution in [-0.2, 0) is 0 Å². The summed E-state index contributed by atoms with van der Waals surface area (Å²) < 4.78 is 0. The summed E-state index contributed by atoms with van der Waals surface area (Å²) in [4.78, 5) is 0. The van der Waals surface area contributed by atoms with Gasteiger partial charge < -0.3 is 0 Å². The van der Waals surface area contributed by atoms with Gasteiger partial charge in [0.25, 0.3) is 0 Å². The van der Waals surface area contributed by atoms with E-state index in [-0.39, 0.29) is 0 Å². The summed E-state index contributed by atoms with van der Waals surface area (Å²) in [6.45, 7) is 11.7. The Bertz CT molecular complexity index is 98.6. The summed E-state index contributed by atoms with van der Waals surface area (Å²) >= 11 is 0. The number of hydrogen-bond acceptors (Lipinski definition) is 0. The minimum absolute atomic E-state index is 0.656. The largest absolute Gasteiger partial charge is 0.0654 e. The van der Waals surface area contributed by atoms with Gasteiger partial charge in [-0.2, -0.15) is 0 Å². The summed E-state index contributed by atoms with van der Waals surface area (Å²) in [6.07, 6.45) is 6.88. The topological polar surface area (TPSA) is 0 Å². The molecule has 0 heteroatoms. The van der Waals surface area contributed by atoms with Crippen LogP contribution >= 0.6 is 0 Å². The molecule has 0 aliphatic rings. The molecule has 0 aromatic carbocycles. The van der Waals surface area contributed by atoms with Crippen molar-refractivity contribution in [3.63, 3.8) is 0 Å². The minimum atomic E-state index is 0.656. The lowest BCUT2D eigenvalue weighted by Crippen LogP contribution is -2.20. The molecule has 0 amide bonds. The lowest BCUT2D eigenvalue weighted by Gasteiger charge is -2.33. The van der Waals surface area contributed by atoms with Gasteiger partial charge in [-0.05, 0) is 24.2 Å². The third-order valence-electron chi connectivity index (χ3n) is 3.12. The van der Waals surface area contributed by atoms with E-state index in [2.05, 4.69) is 34.6 Å². The predicted molar refractivity (Wildman–Crippen MR) is 57.4 cm³/mol. The van der Waals surface area contributed by atoms with E-state index in [0.29, 0.717) is 5.41 Å². The lowest BCUT2D eigenvalue weighted by atomic mass is 9.73. The van der Waals surface area contributed by atoms with Crippen LogP contribution < -0.4 is 0 Å². The molecule has 12 heavy (non-hydrogen) atoms. The van der Waals surface area contributed by atoms with Crippen LogP contribution in [0.25, 0.3) is 0 Å². The second-order valence-corrected chi connectivity index (χ2v) is 4.56. The maximum Gasteiger partial charge on any atom is -0.0300 e. The van der Waals surface area contributed by atoms with E-state index in [1.807, 2.05) is 0 Å². The molecule has 0 aliphatic carbocycles. The Morgan fingerprint density at radius 1 is 1.00 bits per heavy atom. The molecular formula is C12H26. The van der Waals surface area contributed by atoms with Gasteiger partial charge in [0.1, 0.15) is 0 Å². The smallest absolute Gasteiger partial charge is 0.0300 e. The van der Waals surface area contributed by atoms with Crippen molar-refractivity contribution in [1.82, 2.24) is 0 Å². The highest BCUT2D eigenvalue weighted by Gasteiger charge is 2.25. The molecule has 0 aromatic heterocycles. The van der Waals surface area contributed by atoms with Crippen molar-refractivity contribution in [2.24, 2.45) is 11.3 Å². The monoisotopic (exact) mass is 170 g/mol. The normalized spacial score (nSPS) is 12.5. The van der Waals surface area contributed by atoms with Crippen molar-refractivity contribution in [1.29, 1.82) is 0 Å². The fourth-order valence-electron chi connectivity index (χ4n) is 2.39. The molecule has 0 unspecified atom stereocenters. The van der Waals surface area contributed by atoms with Gasteiger partial charge in [-0.25, -0.2) is 0 Å². The Labute approximate surface area is 78.8 Å². The van der Waals surface area contributed by atoms with Gasteiger partial charge >= 0.3 is 0 Å². The summed E-state index contributed by atoms with van der Waals surface area (Å²) in [5, 5.41) is 0. The van der Waals surface area contributed by atoms with Crippen LogP contribution in [-0.4, -0.2) is 0 Å². The van der Waals surface area contributed by atoms with Crippen molar-refractivity contribution < 1.29 is 0 Å². The highest BCUT2D eigenvalue weighted by Crippen LogP contribution is 2.38. The predicted octanol–water partition coefficient (Wildman–Crippen LogP) is 4.64. The van der Waals surface area contributed by atoms with E-state index >= 15 is 0 Å². The fourth-order valence-corrected chi connectivity index (χ4v) is 2.39. The van der Waals surface area contributed by atoms with E-state index in [4.69, 9.17) is 0 Å². The van der Waals surface area contributed by atoms with Crippen LogP contribution in [0.2, 0.25) is 0 Å². The highest BCUT2D eigenvalue weighted by molar-refractivity contribution is 4.77. The second-order valence-electron chi connectivity index (χ2n) is 4.56. The Hall–Kier alpha value is 0. The molecule has 0 spiro atoms. The first-order chi connectivity index (χ1) is 5.60. The Morgan fingerprint density at radius 3 is 1.75 bits per heavy atom. The highest BCUT2D eigenvalue weighted by atomic mass is 14.3. The van der Waals surface area contributed by atoms with Crippen molar-refractivity contribution in [2.75, 3.05) is 0 Å². The molecule has 0 bridgehead atoms. The lowest BCUT2D eigenvalue weighted by molar-refractivity contribution is 0.187. The van der Waals surface area contributed by atoms with Crippen LogP contribution in [0.15, 0.2) is 0 Å². The van der Waals surface area contributed by atoms with Crippen LogP contribution in [0, 0.1) is 11.3 Å². The molecule has 0 rings (SSSR count). The van der Waals surface area contributed by atoms with Gasteiger partial charge in [0.05, 0.1) is 0 Å². The van der Waals surface area contributed by atoms with Crippen molar-refractivity contribution in [2.45, 2.75) is 66.7 Å². The maximum absolute atomic E-state index is 2.35. The zero-order valence-electron chi connectivity index (χ0n) is 9.61. The first-order valence-electron chi connectivity index (χ1n) is 5.60. The standard InChI is InChI=1S/C12H26/c1-6-9-12(7-2,8-3)10-11(4)5/h11H,6-10H2,1-5H3. The summed E-state index contributed by atoms with van der Waals surface area (Å²) in [5.41, 5.74) is 0.656. The third kappa shape index (κ3) is 3.60. The molecular weight excluding hydrogens is 144 g/mol. The molecule has 74 valence electrons. The van der Waals surface area contributed by atoms with Gasteiger partial charge in [0.2, 0.25) is 0 Å². The first kappa shape index (κ1) is 12.0. The van der Waals surface area contributed by atoms with E-state index < -0.39 is 0 Å². The van der Waals surface area contributed by atoms with Crippen LogP contribution in [0.4, 0.5) is 0 Å². The maximum atomic E-state index is 2.35. The van der Waals surface area contributed by atoms with Gasteiger partial charge in [0, 0.05) is 0 Å². The van der Waals surface area contributed by atoms with E-state index in [0.717, 1.165) is 5.92 Å².